The number of ether oxygens (including phenoxy) is 1. The van der Waals surface area contributed by atoms with Gasteiger partial charge in [0.25, 0.3) is 0 Å². The Morgan fingerprint density at radius 3 is 2.59 bits per heavy atom. The van der Waals surface area contributed by atoms with Gasteiger partial charge in [-0.1, -0.05) is 13.8 Å². The first-order chi connectivity index (χ1) is 7.85. The van der Waals surface area contributed by atoms with Gasteiger partial charge in [0.15, 0.2) is 0 Å². The van der Waals surface area contributed by atoms with Gasteiger partial charge in [0.05, 0.1) is 5.60 Å². The smallest absolute Gasteiger partial charge is 0.127 e. The van der Waals surface area contributed by atoms with Gasteiger partial charge < -0.3 is 15.6 Å². The van der Waals surface area contributed by atoms with Crippen LogP contribution < -0.4 is 10.5 Å². The van der Waals surface area contributed by atoms with E-state index in [2.05, 4.69) is 0 Å². The minimum Gasteiger partial charge on any atom is -0.490 e. The second kappa shape index (κ2) is 5.47. The Morgan fingerprint density at radius 1 is 1.41 bits per heavy atom. The Labute approximate surface area is 101 Å². The van der Waals surface area contributed by atoms with Crippen LogP contribution in [0.5, 0.6) is 5.75 Å². The molecule has 0 bridgehead atoms. The van der Waals surface area contributed by atoms with Crippen LogP contribution in [-0.4, -0.2) is 17.3 Å². The maximum Gasteiger partial charge on any atom is 0.127 e. The van der Waals surface area contributed by atoms with Crippen molar-refractivity contribution in [1.82, 2.24) is 0 Å². The molecule has 0 radical (unpaired) electrons. The molecule has 1 unspecified atom stereocenters. The van der Waals surface area contributed by atoms with Crippen molar-refractivity contribution in [2.24, 2.45) is 11.7 Å². The van der Waals surface area contributed by atoms with Crippen molar-refractivity contribution in [3.8, 4) is 5.75 Å². The monoisotopic (exact) mass is 241 g/mol. The number of benzene rings is 1. The van der Waals surface area contributed by atoms with Crippen LogP contribution in [0, 0.1) is 11.7 Å². The first-order valence-electron chi connectivity index (χ1n) is 5.70. The summed E-state index contributed by atoms with van der Waals surface area (Å²) in [5.74, 6) is 0.0727. The Balaban J connectivity index is 2.72. The molecular weight excluding hydrogens is 221 g/mol. The number of hydrogen-bond donors (Lipinski definition) is 2. The largest absolute Gasteiger partial charge is 0.490 e. The summed E-state index contributed by atoms with van der Waals surface area (Å²) < 4.78 is 18.6. The summed E-state index contributed by atoms with van der Waals surface area (Å²) in [5.41, 5.74) is 5.18. The summed E-state index contributed by atoms with van der Waals surface area (Å²) in [6.45, 7) is 5.88. The van der Waals surface area contributed by atoms with Gasteiger partial charge in [-0.05, 0) is 30.5 Å². The molecule has 1 aromatic carbocycles. The minimum absolute atomic E-state index is 0.0602. The Kier molecular flexibility index (Phi) is 4.48. The zero-order chi connectivity index (χ0) is 13.1. The molecule has 0 aliphatic carbocycles. The highest BCUT2D eigenvalue weighted by atomic mass is 19.1. The second-order valence-electron chi connectivity index (χ2n) is 4.80. The molecule has 96 valence electrons. The van der Waals surface area contributed by atoms with Gasteiger partial charge in [0, 0.05) is 12.6 Å². The molecule has 17 heavy (non-hydrogen) atoms. The summed E-state index contributed by atoms with van der Waals surface area (Å²) in [4.78, 5) is 0. The average molecular weight is 241 g/mol. The van der Waals surface area contributed by atoms with Crippen LogP contribution in [0.1, 0.15) is 26.3 Å². The summed E-state index contributed by atoms with van der Waals surface area (Å²) >= 11 is 0. The van der Waals surface area contributed by atoms with Crippen molar-refractivity contribution in [3.63, 3.8) is 0 Å². The zero-order valence-corrected chi connectivity index (χ0v) is 10.5. The number of rotatable bonds is 5. The maximum absolute atomic E-state index is 13.2. The third-order valence-electron chi connectivity index (χ3n) is 2.94. The predicted octanol–water partition coefficient (Wildman–Crippen LogP) is 2.07. The highest BCUT2D eigenvalue weighted by molar-refractivity contribution is 5.29. The van der Waals surface area contributed by atoms with Crippen molar-refractivity contribution in [2.75, 3.05) is 6.61 Å². The molecule has 1 atom stereocenters. The van der Waals surface area contributed by atoms with E-state index in [1.54, 1.807) is 13.0 Å². The van der Waals surface area contributed by atoms with Crippen LogP contribution in [0.15, 0.2) is 18.2 Å². The van der Waals surface area contributed by atoms with Crippen molar-refractivity contribution in [2.45, 2.75) is 32.9 Å². The Hall–Kier alpha value is -1.13. The van der Waals surface area contributed by atoms with E-state index < -0.39 is 5.60 Å². The summed E-state index contributed by atoms with van der Waals surface area (Å²) in [6, 6.07) is 4.34. The van der Waals surface area contributed by atoms with Crippen molar-refractivity contribution >= 4 is 0 Å². The molecule has 0 saturated carbocycles. The topological polar surface area (TPSA) is 55.5 Å². The normalized spacial score (nSPS) is 14.8. The first kappa shape index (κ1) is 13.9. The fraction of sp³-hybridized carbons (Fsp3) is 0.538. The van der Waals surface area contributed by atoms with Crippen LogP contribution >= 0.6 is 0 Å². The highest BCUT2D eigenvalue weighted by Crippen LogP contribution is 2.21. The maximum atomic E-state index is 13.2. The molecule has 0 amide bonds. The summed E-state index contributed by atoms with van der Waals surface area (Å²) in [7, 11) is 0. The van der Waals surface area contributed by atoms with Crippen molar-refractivity contribution in [1.29, 1.82) is 0 Å². The third kappa shape index (κ3) is 3.98. The van der Waals surface area contributed by atoms with Gasteiger partial charge in [-0.25, -0.2) is 4.39 Å². The lowest BCUT2D eigenvalue weighted by Crippen LogP contribution is -2.37. The van der Waals surface area contributed by atoms with Crippen molar-refractivity contribution < 1.29 is 14.2 Å². The lowest BCUT2D eigenvalue weighted by Gasteiger charge is -2.27. The lowest BCUT2D eigenvalue weighted by molar-refractivity contribution is -0.0267. The molecule has 1 rings (SSSR count). The van der Waals surface area contributed by atoms with E-state index in [1.165, 1.54) is 12.1 Å². The SMILES string of the molecule is CC(C)C(C)(O)COc1cc(F)cc(CN)c1. The lowest BCUT2D eigenvalue weighted by atomic mass is 9.94. The van der Waals surface area contributed by atoms with E-state index in [-0.39, 0.29) is 24.9 Å². The highest BCUT2D eigenvalue weighted by Gasteiger charge is 2.25. The molecule has 3 nitrogen and oxygen atoms in total. The molecular formula is C13H20FNO2. The van der Waals surface area contributed by atoms with Crippen LogP contribution in [0.25, 0.3) is 0 Å². The molecule has 4 heteroatoms. The van der Waals surface area contributed by atoms with E-state index >= 15 is 0 Å². The third-order valence-corrected chi connectivity index (χ3v) is 2.94. The van der Waals surface area contributed by atoms with Crippen LogP contribution in [-0.2, 0) is 6.54 Å². The zero-order valence-electron chi connectivity index (χ0n) is 10.5. The number of hydrogen-bond acceptors (Lipinski definition) is 3. The standard InChI is InChI=1S/C13H20FNO2/c1-9(2)13(3,16)8-17-12-5-10(7-15)4-11(14)6-12/h4-6,9,16H,7-8,15H2,1-3H3. The molecule has 1 aromatic rings. The Bertz CT molecular complexity index is 378. The molecule has 0 saturated heterocycles. The van der Waals surface area contributed by atoms with Gasteiger partial charge in [-0.3, -0.25) is 0 Å². The predicted molar refractivity (Wildman–Crippen MR) is 65.2 cm³/mol. The molecule has 0 aromatic heterocycles. The van der Waals surface area contributed by atoms with Gasteiger partial charge in [0.1, 0.15) is 18.2 Å². The number of halogens is 1. The fourth-order valence-electron chi connectivity index (χ4n) is 1.22. The van der Waals surface area contributed by atoms with Crippen LogP contribution in [0.2, 0.25) is 0 Å². The molecule has 0 heterocycles. The summed E-state index contributed by atoms with van der Waals surface area (Å²) in [5, 5.41) is 10.0. The average Bonchev–Trinajstić information content (AvgIpc) is 2.25. The van der Waals surface area contributed by atoms with Gasteiger partial charge in [-0.2, -0.15) is 0 Å². The van der Waals surface area contributed by atoms with E-state index in [1.807, 2.05) is 13.8 Å². The molecule has 0 aliphatic heterocycles. The quantitative estimate of drug-likeness (QED) is 0.829. The van der Waals surface area contributed by atoms with E-state index in [0.717, 1.165) is 0 Å². The van der Waals surface area contributed by atoms with Crippen LogP contribution in [0.4, 0.5) is 4.39 Å². The van der Waals surface area contributed by atoms with E-state index in [4.69, 9.17) is 10.5 Å². The molecule has 0 aliphatic rings. The van der Waals surface area contributed by atoms with Gasteiger partial charge in [0.2, 0.25) is 0 Å². The van der Waals surface area contributed by atoms with Crippen LogP contribution in [0.3, 0.4) is 0 Å². The van der Waals surface area contributed by atoms with Gasteiger partial charge in [-0.15, -0.1) is 0 Å². The molecule has 0 fully saturated rings. The first-order valence-corrected chi connectivity index (χ1v) is 5.70. The fourth-order valence-corrected chi connectivity index (χ4v) is 1.22. The summed E-state index contributed by atoms with van der Waals surface area (Å²) in [6.07, 6.45) is 0. The van der Waals surface area contributed by atoms with E-state index in [0.29, 0.717) is 11.3 Å². The Morgan fingerprint density at radius 2 is 2.06 bits per heavy atom. The molecule has 3 N–H and O–H groups in total. The second-order valence-corrected chi connectivity index (χ2v) is 4.80. The number of nitrogens with two attached hydrogens (primary N) is 1. The van der Waals surface area contributed by atoms with E-state index in [9.17, 15) is 9.50 Å². The number of aliphatic hydroxyl groups is 1. The minimum atomic E-state index is -0.935. The van der Waals surface area contributed by atoms with Gasteiger partial charge >= 0.3 is 0 Å². The molecule has 0 spiro atoms. The van der Waals surface area contributed by atoms with Crippen molar-refractivity contribution in [3.05, 3.63) is 29.6 Å².